The molecule has 6 rings (SSSR count). The first-order chi connectivity index (χ1) is 33.8. The summed E-state index contributed by atoms with van der Waals surface area (Å²) in [5.41, 5.74) is 3.29. The normalized spacial score (nSPS) is 25.4. The van der Waals surface area contributed by atoms with Crippen LogP contribution in [0, 0.1) is 62.4 Å². The van der Waals surface area contributed by atoms with Crippen molar-refractivity contribution in [3.05, 3.63) is 75.9 Å². The minimum Gasteiger partial charge on any atom is -0.429 e. The zero-order valence-corrected chi connectivity index (χ0v) is 43.4. The van der Waals surface area contributed by atoms with Crippen molar-refractivity contribution < 1.29 is 43.1 Å². The molecule has 4 N–H and O–H groups in total. The second-order valence-electron chi connectivity index (χ2n) is 22.3. The second-order valence-corrected chi connectivity index (χ2v) is 22.3. The minimum atomic E-state index is -0.993. The van der Waals surface area contributed by atoms with E-state index in [2.05, 4.69) is 62.0 Å². The Morgan fingerprint density at radius 3 is 2.24 bits per heavy atom. The van der Waals surface area contributed by atoms with Crippen molar-refractivity contribution in [2.45, 2.75) is 164 Å². The van der Waals surface area contributed by atoms with Gasteiger partial charge in [-0.2, -0.15) is 0 Å². The smallest absolute Gasteiger partial charge is 0.429 e. The molecule has 0 saturated heterocycles. The molecular formula is C56H81N5O10. The van der Waals surface area contributed by atoms with E-state index in [0.717, 1.165) is 48.3 Å². The van der Waals surface area contributed by atoms with Crippen molar-refractivity contribution in [3.63, 3.8) is 0 Å². The van der Waals surface area contributed by atoms with E-state index in [-0.39, 0.29) is 60.8 Å². The Kier molecular flexibility index (Phi) is 19.7. The molecule has 4 amide bonds. The van der Waals surface area contributed by atoms with E-state index < -0.39 is 34.8 Å². The molecule has 0 heterocycles. The number of nitrogens with one attached hydrogen (secondary N) is 4. The highest BCUT2D eigenvalue weighted by Crippen LogP contribution is 2.67. The topological polar surface area (TPSA) is 204 Å². The van der Waals surface area contributed by atoms with Crippen molar-refractivity contribution >= 4 is 41.2 Å². The number of rotatable bonds is 24. The summed E-state index contributed by atoms with van der Waals surface area (Å²) in [7, 11) is 0. The number of nitro groups is 1. The molecule has 71 heavy (non-hydrogen) atoms. The first kappa shape index (κ1) is 55.0. The van der Waals surface area contributed by atoms with E-state index in [4.69, 9.17) is 14.2 Å². The van der Waals surface area contributed by atoms with Gasteiger partial charge in [0.15, 0.2) is 0 Å². The number of anilines is 1. The van der Waals surface area contributed by atoms with Crippen LogP contribution in [0.4, 0.5) is 16.2 Å². The molecule has 2 aromatic rings. The number of hydrogen-bond donors (Lipinski definition) is 4. The van der Waals surface area contributed by atoms with Gasteiger partial charge in [-0.25, -0.2) is 4.79 Å². The number of hydrogen-bond acceptors (Lipinski definition) is 10. The summed E-state index contributed by atoms with van der Waals surface area (Å²) >= 11 is 0. The Bertz CT molecular complexity index is 2180. The van der Waals surface area contributed by atoms with Gasteiger partial charge in [0.2, 0.25) is 23.6 Å². The molecule has 0 bridgehead atoms. The van der Waals surface area contributed by atoms with Crippen LogP contribution in [0.2, 0.25) is 0 Å². The van der Waals surface area contributed by atoms with Gasteiger partial charge in [0, 0.05) is 43.8 Å². The highest BCUT2D eigenvalue weighted by molar-refractivity contribution is 5.96. The highest BCUT2D eigenvalue weighted by atomic mass is 16.7. The molecule has 3 fully saturated rings. The van der Waals surface area contributed by atoms with E-state index in [1.165, 1.54) is 82.1 Å². The minimum absolute atomic E-state index is 0.0161. The van der Waals surface area contributed by atoms with Crippen molar-refractivity contribution in [1.29, 1.82) is 0 Å². The molecule has 4 aliphatic rings. The van der Waals surface area contributed by atoms with Crippen LogP contribution in [-0.2, 0) is 35.3 Å². The number of amides is 4. The van der Waals surface area contributed by atoms with Crippen LogP contribution in [0.15, 0.2) is 60.2 Å². The first-order valence-corrected chi connectivity index (χ1v) is 26.5. The fourth-order valence-corrected chi connectivity index (χ4v) is 12.7. The van der Waals surface area contributed by atoms with Crippen LogP contribution in [0.5, 0.6) is 5.75 Å². The Morgan fingerprint density at radius 2 is 1.54 bits per heavy atom. The average molecular weight is 984 g/mol. The van der Waals surface area contributed by atoms with Crippen LogP contribution in [-0.4, -0.2) is 66.5 Å². The second kappa shape index (κ2) is 25.4. The summed E-state index contributed by atoms with van der Waals surface area (Å²) in [6.45, 7) is 16.9. The number of benzene rings is 2. The SMILES string of the molecule is CC(C)CCC[C@@H](C)[C@H]1CC[C@H]2[C@@H]3CC=C4CC(OCCCNC(=O)CCC(=O)N[C@@H](CC(C)C)C(=O)NCC(=O)Nc5ccc(COC(=O)Oc6ccc([N+](=O)[O-])cc6)cc5)CC[C@]4(C)[C@H]3CC[C@]12C. The molecule has 0 aromatic heterocycles. The van der Waals surface area contributed by atoms with Gasteiger partial charge in [-0.05, 0) is 146 Å². The van der Waals surface area contributed by atoms with Gasteiger partial charge < -0.3 is 35.5 Å². The predicted molar refractivity (Wildman–Crippen MR) is 273 cm³/mol. The maximum absolute atomic E-state index is 13.1. The third-order valence-electron chi connectivity index (χ3n) is 16.5. The fourth-order valence-electron chi connectivity index (χ4n) is 12.7. The fraction of sp³-hybridized carbons (Fsp3) is 0.661. The number of allylic oxidation sites excluding steroid dienone is 1. The Balaban J connectivity index is 0.838. The third kappa shape index (κ3) is 15.1. The highest BCUT2D eigenvalue weighted by Gasteiger charge is 2.59. The molecule has 0 spiro atoms. The zero-order valence-electron chi connectivity index (χ0n) is 43.4. The molecule has 390 valence electrons. The Morgan fingerprint density at radius 1 is 0.803 bits per heavy atom. The summed E-state index contributed by atoms with van der Waals surface area (Å²) in [5, 5.41) is 21.7. The molecule has 2 aromatic carbocycles. The average Bonchev–Trinajstić information content (AvgIpc) is 3.69. The van der Waals surface area contributed by atoms with E-state index in [9.17, 15) is 34.1 Å². The van der Waals surface area contributed by atoms with Gasteiger partial charge in [-0.15, -0.1) is 0 Å². The Labute approximate surface area is 421 Å². The summed E-state index contributed by atoms with van der Waals surface area (Å²) in [4.78, 5) is 73.8. The number of ether oxygens (including phenoxy) is 3. The van der Waals surface area contributed by atoms with E-state index in [1.807, 2.05) is 13.8 Å². The van der Waals surface area contributed by atoms with Crippen LogP contribution in [0.1, 0.15) is 150 Å². The number of nitro benzene ring substituents is 1. The van der Waals surface area contributed by atoms with Gasteiger partial charge in [0.25, 0.3) is 5.69 Å². The molecule has 4 aliphatic carbocycles. The maximum atomic E-state index is 13.1. The number of carbonyl (C=O) groups is 5. The number of carbonyl (C=O) groups excluding carboxylic acids is 5. The van der Waals surface area contributed by atoms with Crippen molar-refractivity contribution in [1.82, 2.24) is 16.0 Å². The van der Waals surface area contributed by atoms with Crippen molar-refractivity contribution in [2.75, 3.05) is 25.0 Å². The van der Waals surface area contributed by atoms with Gasteiger partial charge in [0.05, 0.1) is 17.6 Å². The van der Waals surface area contributed by atoms with Gasteiger partial charge in [-0.3, -0.25) is 29.3 Å². The van der Waals surface area contributed by atoms with Gasteiger partial charge in [0.1, 0.15) is 18.4 Å². The van der Waals surface area contributed by atoms with Crippen LogP contribution in [0.25, 0.3) is 0 Å². The largest absolute Gasteiger partial charge is 0.514 e. The third-order valence-corrected chi connectivity index (χ3v) is 16.5. The number of nitrogens with zero attached hydrogens (tertiary/aromatic N) is 1. The van der Waals surface area contributed by atoms with Crippen molar-refractivity contribution in [3.8, 4) is 5.75 Å². The lowest BCUT2D eigenvalue weighted by Gasteiger charge is -2.58. The standard InChI is InChI=1S/C56H81N5O10/c1-36(2)10-8-11-38(5)46-22-23-47-45-21-14-40-33-44(26-28-55(40,6)48(45)27-29-56(46,47)7)69-31-9-30-57-50(62)24-25-51(63)60-49(32-37(3)4)53(65)58-34-52(64)59-41-15-12-39(13-16-41)35-70-54(66)71-43-19-17-42(18-20-43)61(67)68/h12-20,36-38,44-49H,8-11,21-35H2,1-7H3,(H,57,62)(H,58,65)(H,59,64)(H,60,63)/t38-,44?,45+,46-,47+,48+,49+,55+,56-/m1/s1. The van der Waals surface area contributed by atoms with Crippen LogP contribution in [0.3, 0.4) is 0 Å². The molecule has 9 atom stereocenters. The summed E-state index contributed by atoms with van der Waals surface area (Å²) < 4.78 is 16.5. The van der Waals surface area contributed by atoms with E-state index in [1.54, 1.807) is 29.8 Å². The van der Waals surface area contributed by atoms with Crippen LogP contribution >= 0.6 is 0 Å². The van der Waals surface area contributed by atoms with Crippen LogP contribution < -0.4 is 26.0 Å². The first-order valence-electron chi connectivity index (χ1n) is 26.5. The lowest BCUT2D eigenvalue weighted by atomic mass is 9.47. The zero-order chi connectivity index (χ0) is 51.3. The van der Waals surface area contributed by atoms with E-state index in [0.29, 0.717) is 42.7 Å². The number of fused-ring (bicyclic) bond motifs is 5. The molecule has 1 unspecified atom stereocenters. The number of non-ortho nitro benzene ring substituents is 1. The van der Waals surface area contributed by atoms with Crippen molar-refractivity contribution in [2.24, 2.45) is 52.3 Å². The lowest BCUT2D eigenvalue weighted by Crippen LogP contribution is -2.51. The summed E-state index contributed by atoms with van der Waals surface area (Å²) in [6.07, 6.45) is 16.9. The summed E-state index contributed by atoms with van der Waals surface area (Å²) in [5.74, 6) is 3.42. The molecule has 15 heteroatoms. The van der Waals surface area contributed by atoms with E-state index >= 15 is 0 Å². The predicted octanol–water partition coefficient (Wildman–Crippen LogP) is 10.6. The molecular weight excluding hydrogens is 903 g/mol. The molecule has 15 nitrogen and oxygen atoms in total. The molecule has 0 radical (unpaired) electrons. The van der Waals surface area contributed by atoms with Gasteiger partial charge in [-0.1, -0.05) is 91.5 Å². The maximum Gasteiger partial charge on any atom is 0.514 e. The quantitative estimate of drug-likeness (QED) is 0.0196. The monoisotopic (exact) mass is 984 g/mol. The molecule has 0 aliphatic heterocycles. The summed E-state index contributed by atoms with van der Waals surface area (Å²) in [6, 6.07) is 10.6. The lowest BCUT2D eigenvalue weighted by molar-refractivity contribution is -0.384. The van der Waals surface area contributed by atoms with Gasteiger partial charge >= 0.3 is 6.16 Å². The molecule has 3 saturated carbocycles. The Hall–Kier alpha value is -5.31.